The van der Waals surface area contributed by atoms with Gasteiger partial charge in [-0.15, -0.1) is 0 Å². The van der Waals surface area contributed by atoms with Crippen molar-refractivity contribution in [3.8, 4) is 11.4 Å². The molecule has 0 unspecified atom stereocenters. The molecule has 3 aromatic rings. The number of ether oxygens (including phenoxy) is 1. The van der Waals surface area contributed by atoms with Gasteiger partial charge in [0.1, 0.15) is 5.75 Å². The van der Waals surface area contributed by atoms with E-state index in [9.17, 15) is 4.79 Å². The van der Waals surface area contributed by atoms with Crippen LogP contribution in [0.5, 0.6) is 5.75 Å². The Morgan fingerprint density at radius 2 is 2.00 bits per heavy atom. The fourth-order valence-electron chi connectivity index (χ4n) is 2.43. The molecule has 2 amide bonds. The third kappa shape index (κ3) is 4.60. The molecule has 0 saturated heterocycles. The van der Waals surface area contributed by atoms with Crippen LogP contribution in [0, 0.1) is 0 Å². The largest absolute Gasteiger partial charge is 0.497 e. The molecule has 0 aliphatic carbocycles. The molecule has 2 N–H and O–H groups in total. The van der Waals surface area contributed by atoms with E-state index >= 15 is 0 Å². The molecule has 1 heterocycles. The van der Waals surface area contributed by atoms with E-state index in [2.05, 4.69) is 15.7 Å². The second kappa shape index (κ2) is 8.01. The van der Waals surface area contributed by atoms with Crippen molar-refractivity contribution in [2.75, 3.05) is 19.0 Å². The minimum atomic E-state index is -0.235. The summed E-state index contributed by atoms with van der Waals surface area (Å²) in [4.78, 5) is 11.9. The highest BCUT2D eigenvalue weighted by Crippen LogP contribution is 2.16. The lowest BCUT2D eigenvalue weighted by Crippen LogP contribution is -2.30. The van der Waals surface area contributed by atoms with E-state index in [4.69, 9.17) is 4.74 Å². The highest BCUT2D eigenvalue weighted by atomic mass is 16.5. The molecule has 0 atom stereocenters. The molecule has 0 fully saturated rings. The lowest BCUT2D eigenvalue weighted by Gasteiger charge is -2.09. The summed E-state index contributed by atoms with van der Waals surface area (Å²) in [5.74, 6) is 0.704. The number of rotatable bonds is 6. The van der Waals surface area contributed by atoms with Crippen molar-refractivity contribution in [2.24, 2.45) is 0 Å². The summed E-state index contributed by atoms with van der Waals surface area (Å²) in [6.07, 6.45) is 4.41. The number of urea groups is 1. The van der Waals surface area contributed by atoms with Crippen LogP contribution in [0.2, 0.25) is 0 Å². The van der Waals surface area contributed by atoms with Gasteiger partial charge in [0.25, 0.3) is 0 Å². The van der Waals surface area contributed by atoms with E-state index in [0.29, 0.717) is 18.0 Å². The minimum Gasteiger partial charge on any atom is -0.497 e. The molecule has 0 aliphatic rings. The lowest BCUT2D eigenvalue weighted by atomic mass is 10.1. The van der Waals surface area contributed by atoms with Crippen LogP contribution in [0.15, 0.2) is 67.0 Å². The van der Waals surface area contributed by atoms with Crippen LogP contribution in [0.3, 0.4) is 0 Å². The number of hydrogen-bond donors (Lipinski definition) is 2. The molecule has 1 aromatic heterocycles. The topological polar surface area (TPSA) is 68.2 Å². The number of anilines is 1. The molecule has 128 valence electrons. The summed E-state index contributed by atoms with van der Waals surface area (Å²) in [7, 11) is 1.59. The molecular formula is C19H20N4O2. The molecule has 0 saturated carbocycles. The molecule has 0 bridgehead atoms. The van der Waals surface area contributed by atoms with Gasteiger partial charge in [-0.2, -0.15) is 5.10 Å². The third-order valence-electron chi connectivity index (χ3n) is 3.73. The van der Waals surface area contributed by atoms with E-state index < -0.39 is 0 Å². The Hall–Kier alpha value is -3.28. The fraction of sp³-hybridized carbons (Fsp3) is 0.158. The maximum atomic E-state index is 11.9. The summed E-state index contributed by atoms with van der Waals surface area (Å²) < 4.78 is 6.94. The van der Waals surface area contributed by atoms with Crippen LogP contribution in [-0.4, -0.2) is 29.5 Å². The summed E-state index contributed by atoms with van der Waals surface area (Å²) in [5, 5.41) is 9.84. The highest BCUT2D eigenvalue weighted by Gasteiger charge is 2.03. The first-order valence-electron chi connectivity index (χ1n) is 8.02. The monoisotopic (exact) mass is 336 g/mol. The summed E-state index contributed by atoms with van der Waals surface area (Å²) in [6, 6.07) is 17.0. The van der Waals surface area contributed by atoms with Gasteiger partial charge in [0, 0.05) is 30.7 Å². The van der Waals surface area contributed by atoms with Gasteiger partial charge in [0.15, 0.2) is 0 Å². The van der Waals surface area contributed by atoms with E-state index in [0.717, 1.165) is 17.7 Å². The Morgan fingerprint density at radius 1 is 1.16 bits per heavy atom. The van der Waals surface area contributed by atoms with Crippen LogP contribution in [-0.2, 0) is 6.42 Å². The minimum absolute atomic E-state index is 0.235. The van der Waals surface area contributed by atoms with Gasteiger partial charge in [-0.1, -0.05) is 18.2 Å². The predicted molar refractivity (Wildman–Crippen MR) is 97.3 cm³/mol. The van der Waals surface area contributed by atoms with Gasteiger partial charge < -0.3 is 15.4 Å². The molecule has 0 radical (unpaired) electrons. The van der Waals surface area contributed by atoms with Crippen LogP contribution in [0.1, 0.15) is 5.56 Å². The second-order valence-electron chi connectivity index (χ2n) is 5.48. The zero-order valence-electron chi connectivity index (χ0n) is 14.0. The highest BCUT2D eigenvalue weighted by molar-refractivity contribution is 5.89. The molecule has 6 heteroatoms. The fourth-order valence-corrected chi connectivity index (χ4v) is 2.43. The zero-order chi connectivity index (χ0) is 17.5. The Bertz CT molecular complexity index is 814. The van der Waals surface area contributed by atoms with Crippen molar-refractivity contribution >= 4 is 11.7 Å². The van der Waals surface area contributed by atoms with Crippen molar-refractivity contribution in [2.45, 2.75) is 6.42 Å². The van der Waals surface area contributed by atoms with Crippen molar-refractivity contribution < 1.29 is 9.53 Å². The number of amides is 2. The zero-order valence-corrected chi connectivity index (χ0v) is 14.0. The maximum Gasteiger partial charge on any atom is 0.319 e. The molecule has 2 aromatic carbocycles. The number of nitrogens with zero attached hydrogens (tertiary/aromatic N) is 2. The number of benzene rings is 2. The number of nitrogens with one attached hydrogen (secondary N) is 2. The third-order valence-corrected chi connectivity index (χ3v) is 3.73. The molecular weight excluding hydrogens is 316 g/mol. The van der Waals surface area contributed by atoms with Crippen LogP contribution in [0.25, 0.3) is 5.69 Å². The standard InChI is InChI=1S/C19H20N4O2/c1-25-18-5-2-4-16(14-18)22-19(24)20-12-10-15-6-8-17(9-7-15)23-13-3-11-21-23/h2-9,11,13-14H,10,12H2,1H3,(H2,20,22,24). The Balaban J connectivity index is 1.46. The van der Waals surface area contributed by atoms with Crippen LogP contribution >= 0.6 is 0 Å². The number of carbonyl (C=O) groups is 1. The molecule has 3 rings (SSSR count). The summed E-state index contributed by atoms with van der Waals surface area (Å²) in [6.45, 7) is 0.552. The average molecular weight is 336 g/mol. The first-order chi connectivity index (χ1) is 12.2. The average Bonchev–Trinajstić information content (AvgIpc) is 3.17. The van der Waals surface area contributed by atoms with Gasteiger partial charge in [-0.3, -0.25) is 0 Å². The quantitative estimate of drug-likeness (QED) is 0.726. The van der Waals surface area contributed by atoms with E-state index in [1.807, 2.05) is 59.4 Å². The van der Waals surface area contributed by atoms with Crippen molar-refractivity contribution in [3.63, 3.8) is 0 Å². The van der Waals surface area contributed by atoms with Gasteiger partial charge >= 0.3 is 6.03 Å². The van der Waals surface area contributed by atoms with E-state index in [-0.39, 0.29) is 6.03 Å². The molecule has 0 spiro atoms. The normalized spacial score (nSPS) is 10.3. The lowest BCUT2D eigenvalue weighted by molar-refractivity contribution is 0.252. The SMILES string of the molecule is COc1cccc(NC(=O)NCCc2ccc(-n3cccn3)cc2)c1. The Labute approximate surface area is 146 Å². The van der Waals surface area contributed by atoms with Gasteiger partial charge in [0.05, 0.1) is 12.8 Å². The first-order valence-corrected chi connectivity index (χ1v) is 8.02. The van der Waals surface area contributed by atoms with Gasteiger partial charge in [-0.25, -0.2) is 9.48 Å². The Kier molecular flexibility index (Phi) is 5.31. The van der Waals surface area contributed by atoms with Crippen molar-refractivity contribution in [1.29, 1.82) is 0 Å². The van der Waals surface area contributed by atoms with Crippen LogP contribution < -0.4 is 15.4 Å². The Morgan fingerprint density at radius 3 is 2.72 bits per heavy atom. The van der Waals surface area contributed by atoms with Crippen molar-refractivity contribution in [1.82, 2.24) is 15.1 Å². The number of hydrogen-bond acceptors (Lipinski definition) is 3. The summed E-state index contributed by atoms with van der Waals surface area (Å²) >= 11 is 0. The van der Waals surface area contributed by atoms with Crippen LogP contribution in [0.4, 0.5) is 10.5 Å². The van der Waals surface area contributed by atoms with Gasteiger partial charge in [0.2, 0.25) is 0 Å². The number of aromatic nitrogens is 2. The van der Waals surface area contributed by atoms with Gasteiger partial charge in [-0.05, 0) is 42.3 Å². The maximum absolute atomic E-state index is 11.9. The van der Waals surface area contributed by atoms with E-state index in [1.54, 1.807) is 19.4 Å². The molecule has 6 nitrogen and oxygen atoms in total. The molecule has 0 aliphatic heterocycles. The predicted octanol–water partition coefficient (Wildman–Crippen LogP) is 3.25. The smallest absolute Gasteiger partial charge is 0.319 e. The van der Waals surface area contributed by atoms with E-state index in [1.165, 1.54) is 0 Å². The summed E-state index contributed by atoms with van der Waals surface area (Å²) in [5.41, 5.74) is 2.86. The molecule has 25 heavy (non-hydrogen) atoms. The first kappa shape index (κ1) is 16.6. The van der Waals surface area contributed by atoms with Crippen molar-refractivity contribution in [3.05, 3.63) is 72.6 Å². The number of methoxy groups -OCH3 is 1. The number of carbonyl (C=O) groups excluding carboxylic acids is 1. The second-order valence-corrected chi connectivity index (χ2v) is 5.48.